The van der Waals surface area contributed by atoms with Crippen molar-refractivity contribution in [1.82, 2.24) is 0 Å². The molecule has 0 N–H and O–H groups in total. The third-order valence-electron chi connectivity index (χ3n) is 2.12. The number of thioether (sulfide) groups is 1. The van der Waals surface area contributed by atoms with Crippen LogP contribution in [0.5, 0.6) is 0 Å². The fourth-order valence-corrected chi connectivity index (χ4v) is 2.01. The summed E-state index contributed by atoms with van der Waals surface area (Å²) in [5.41, 5.74) is 2.20. The van der Waals surface area contributed by atoms with Gasteiger partial charge in [0.05, 0.1) is 0 Å². The van der Waals surface area contributed by atoms with Gasteiger partial charge >= 0.3 is 0 Å². The van der Waals surface area contributed by atoms with Gasteiger partial charge in [0, 0.05) is 16.0 Å². The lowest BCUT2D eigenvalue weighted by Gasteiger charge is -2.03. The summed E-state index contributed by atoms with van der Waals surface area (Å²) in [5.74, 6) is 0. The second-order valence-electron chi connectivity index (χ2n) is 3.14. The maximum atomic E-state index is 5.95. The molecule has 0 nitrogen and oxygen atoms in total. The minimum absolute atomic E-state index is 0.760. The number of hydrogen-bond donors (Lipinski definition) is 0. The molecule has 0 amide bonds. The topological polar surface area (TPSA) is 0 Å². The normalized spacial score (nSPS) is 10.3. The minimum atomic E-state index is 0.760. The number of hydrogen-bond acceptors (Lipinski definition) is 1. The molecule has 2 aromatic rings. The Morgan fingerprint density at radius 1 is 1.13 bits per heavy atom. The van der Waals surface area contributed by atoms with Gasteiger partial charge in [0.2, 0.25) is 0 Å². The second-order valence-corrected chi connectivity index (χ2v) is 4.43. The van der Waals surface area contributed by atoms with Gasteiger partial charge in [0.15, 0.2) is 0 Å². The van der Waals surface area contributed by atoms with Crippen molar-refractivity contribution in [1.29, 1.82) is 0 Å². The minimum Gasteiger partial charge on any atom is -0.129 e. The van der Waals surface area contributed by atoms with E-state index in [-0.39, 0.29) is 0 Å². The van der Waals surface area contributed by atoms with E-state index >= 15 is 0 Å². The van der Waals surface area contributed by atoms with Gasteiger partial charge in [-0.3, -0.25) is 0 Å². The van der Waals surface area contributed by atoms with Gasteiger partial charge in [0.25, 0.3) is 0 Å². The first-order valence-electron chi connectivity index (χ1n) is 4.62. The molecule has 0 saturated heterocycles. The Balaban J connectivity index is 2.44. The Hall–Kier alpha value is -0.920. The maximum absolute atomic E-state index is 5.95. The Bertz CT molecular complexity index is 466. The average Bonchev–Trinajstić information content (AvgIpc) is 2.29. The van der Waals surface area contributed by atoms with E-state index in [1.165, 1.54) is 0 Å². The fraction of sp³-hybridized carbons (Fsp3) is 0.0769. The molecule has 2 heteroatoms. The summed E-state index contributed by atoms with van der Waals surface area (Å²) >= 11 is 7.64. The van der Waals surface area contributed by atoms with Crippen LogP contribution in [0.2, 0.25) is 5.02 Å². The highest BCUT2D eigenvalue weighted by molar-refractivity contribution is 7.98. The predicted molar refractivity (Wildman–Crippen MR) is 67.5 cm³/mol. The van der Waals surface area contributed by atoms with Gasteiger partial charge in [-0.05, 0) is 35.6 Å². The first-order chi connectivity index (χ1) is 7.29. The molecular weight excluding hydrogens is 224 g/mol. The maximum Gasteiger partial charge on any atom is 0.0412 e. The molecular formula is C13H10ClS. The van der Waals surface area contributed by atoms with Crippen LogP contribution < -0.4 is 0 Å². The Morgan fingerprint density at radius 3 is 2.67 bits per heavy atom. The summed E-state index contributed by atoms with van der Waals surface area (Å²) in [6.07, 6.45) is 2.05. The third-order valence-corrected chi connectivity index (χ3v) is 3.04. The van der Waals surface area contributed by atoms with Gasteiger partial charge in [-0.2, -0.15) is 0 Å². The van der Waals surface area contributed by atoms with Crippen molar-refractivity contribution in [3.63, 3.8) is 0 Å². The number of halogens is 1. The molecule has 2 rings (SSSR count). The summed E-state index contributed by atoms with van der Waals surface area (Å²) in [4.78, 5) is 1.15. The van der Waals surface area contributed by atoms with E-state index in [2.05, 4.69) is 12.1 Å². The zero-order valence-corrected chi connectivity index (χ0v) is 9.90. The fourth-order valence-electron chi connectivity index (χ4n) is 1.39. The second kappa shape index (κ2) is 4.73. The summed E-state index contributed by atoms with van der Waals surface area (Å²) in [6.45, 7) is 0. The predicted octanol–water partition coefficient (Wildman–Crippen LogP) is 4.53. The van der Waals surface area contributed by atoms with Crippen molar-refractivity contribution >= 4 is 23.4 Å². The highest BCUT2D eigenvalue weighted by atomic mass is 35.5. The van der Waals surface area contributed by atoms with E-state index in [0.29, 0.717) is 0 Å². The lowest BCUT2D eigenvalue weighted by Crippen LogP contribution is -1.79. The summed E-state index contributed by atoms with van der Waals surface area (Å²) in [7, 11) is 0. The molecule has 0 fully saturated rings. The molecule has 0 heterocycles. The van der Waals surface area contributed by atoms with Gasteiger partial charge in [-0.1, -0.05) is 35.9 Å². The van der Waals surface area contributed by atoms with Gasteiger partial charge in [-0.15, -0.1) is 11.8 Å². The average molecular weight is 234 g/mol. The highest BCUT2D eigenvalue weighted by Crippen LogP contribution is 2.25. The van der Waals surface area contributed by atoms with Gasteiger partial charge in [0.1, 0.15) is 0 Å². The van der Waals surface area contributed by atoms with Crippen molar-refractivity contribution < 1.29 is 0 Å². The smallest absolute Gasteiger partial charge is 0.0412 e. The van der Waals surface area contributed by atoms with Crippen LogP contribution in [-0.4, -0.2) is 6.26 Å². The number of benzene rings is 2. The van der Waals surface area contributed by atoms with Crippen LogP contribution in [0.25, 0.3) is 11.1 Å². The molecule has 0 unspecified atom stereocenters. The molecule has 0 bridgehead atoms. The van der Waals surface area contributed by atoms with Crippen LogP contribution in [0.3, 0.4) is 0 Å². The van der Waals surface area contributed by atoms with Gasteiger partial charge in [-0.25, -0.2) is 0 Å². The lowest BCUT2D eigenvalue weighted by atomic mass is 10.1. The zero-order chi connectivity index (χ0) is 10.7. The SMILES string of the molecule is CSc1[c]c(-c2cccc(Cl)c2)ccc1. The van der Waals surface area contributed by atoms with Crippen molar-refractivity contribution in [2.75, 3.05) is 6.26 Å². The monoisotopic (exact) mass is 233 g/mol. The zero-order valence-electron chi connectivity index (χ0n) is 8.33. The van der Waals surface area contributed by atoms with E-state index < -0.39 is 0 Å². The Kier molecular flexibility index (Phi) is 3.34. The summed E-state index contributed by atoms with van der Waals surface area (Å²) in [6, 6.07) is 17.3. The molecule has 0 aromatic heterocycles. The van der Waals surface area contributed by atoms with E-state index in [1.54, 1.807) is 11.8 Å². The Labute approximate surface area is 99.3 Å². The first kappa shape index (κ1) is 10.6. The molecule has 2 aromatic carbocycles. The van der Waals surface area contributed by atoms with Crippen molar-refractivity contribution in [2.24, 2.45) is 0 Å². The molecule has 0 saturated carbocycles. The van der Waals surface area contributed by atoms with Crippen molar-refractivity contribution in [3.05, 3.63) is 53.6 Å². The van der Waals surface area contributed by atoms with Crippen LogP contribution in [0, 0.1) is 6.07 Å². The Morgan fingerprint density at radius 2 is 1.93 bits per heavy atom. The van der Waals surface area contributed by atoms with Gasteiger partial charge < -0.3 is 0 Å². The molecule has 0 atom stereocenters. The van der Waals surface area contributed by atoms with E-state index in [0.717, 1.165) is 21.0 Å². The van der Waals surface area contributed by atoms with Crippen molar-refractivity contribution in [3.8, 4) is 11.1 Å². The third kappa shape index (κ3) is 2.55. The summed E-state index contributed by atoms with van der Waals surface area (Å²) in [5, 5.41) is 0.760. The molecule has 15 heavy (non-hydrogen) atoms. The first-order valence-corrected chi connectivity index (χ1v) is 6.22. The highest BCUT2D eigenvalue weighted by Gasteiger charge is 1.99. The van der Waals surface area contributed by atoms with Crippen LogP contribution in [0.1, 0.15) is 0 Å². The molecule has 1 radical (unpaired) electrons. The number of rotatable bonds is 2. The standard InChI is InChI=1S/C13H10ClS/c1-15-13-7-3-5-11(9-13)10-4-2-6-12(14)8-10/h2-8H,1H3. The molecule has 0 aliphatic rings. The van der Waals surface area contributed by atoms with Crippen LogP contribution in [0.15, 0.2) is 47.4 Å². The quantitative estimate of drug-likeness (QED) is 0.687. The molecule has 0 spiro atoms. The molecule has 75 valence electrons. The largest absolute Gasteiger partial charge is 0.129 e. The van der Waals surface area contributed by atoms with E-state index in [9.17, 15) is 0 Å². The lowest BCUT2D eigenvalue weighted by molar-refractivity contribution is 1.44. The molecule has 0 aliphatic carbocycles. The van der Waals surface area contributed by atoms with Crippen LogP contribution in [0.4, 0.5) is 0 Å². The van der Waals surface area contributed by atoms with Crippen LogP contribution in [-0.2, 0) is 0 Å². The van der Waals surface area contributed by atoms with Crippen molar-refractivity contribution in [2.45, 2.75) is 4.90 Å². The van der Waals surface area contributed by atoms with Crippen LogP contribution >= 0.6 is 23.4 Å². The summed E-state index contributed by atoms with van der Waals surface area (Å²) < 4.78 is 0. The van der Waals surface area contributed by atoms with E-state index in [4.69, 9.17) is 11.6 Å². The molecule has 0 aliphatic heterocycles. The van der Waals surface area contributed by atoms with E-state index in [1.807, 2.05) is 42.7 Å².